The number of rotatable bonds is 5. The third kappa shape index (κ3) is 4.32. The molecule has 3 saturated heterocycles. The van der Waals surface area contributed by atoms with Crippen LogP contribution in [0.25, 0.3) is 0 Å². The summed E-state index contributed by atoms with van der Waals surface area (Å²) in [6, 6.07) is -0.790. The molecule has 3 fully saturated rings. The van der Waals surface area contributed by atoms with Crippen molar-refractivity contribution >= 4 is 34.2 Å². The zero-order chi connectivity index (χ0) is 19.1. The van der Waals surface area contributed by atoms with E-state index in [0.717, 1.165) is 30.2 Å². The summed E-state index contributed by atoms with van der Waals surface area (Å²) in [5, 5.41) is 0. The fourth-order valence-corrected chi connectivity index (χ4v) is 5.82. The number of carbonyl (C=O) groups is 2. The Bertz CT molecular complexity index is 703. The van der Waals surface area contributed by atoms with Crippen molar-refractivity contribution in [1.82, 2.24) is 14.1 Å². The van der Waals surface area contributed by atoms with Crippen molar-refractivity contribution in [1.29, 1.82) is 0 Å². The highest BCUT2D eigenvalue weighted by Gasteiger charge is 2.58. The van der Waals surface area contributed by atoms with Gasteiger partial charge in [-0.2, -0.15) is 0 Å². The Morgan fingerprint density at radius 2 is 1.85 bits per heavy atom. The molecule has 3 heterocycles. The summed E-state index contributed by atoms with van der Waals surface area (Å²) < 4.78 is 25.3. The maximum atomic E-state index is 12.7. The SMILES string of the molecule is CC(C)[C@H]1C(=O)N(S(C)(=O)=O)[C@H]2CCN(C(=O)C=CCN3CCCC3)[C@H]12.Cl. The lowest BCUT2D eigenvalue weighted by Gasteiger charge is -2.28. The van der Waals surface area contributed by atoms with Crippen molar-refractivity contribution in [3.63, 3.8) is 0 Å². The van der Waals surface area contributed by atoms with E-state index in [0.29, 0.717) is 13.0 Å². The minimum atomic E-state index is -3.63. The number of likely N-dealkylation sites (tertiary alicyclic amines) is 2. The molecule has 0 N–H and O–H groups in total. The molecule has 3 rings (SSSR count). The van der Waals surface area contributed by atoms with E-state index in [9.17, 15) is 18.0 Å². The lowest BCUT2D eigenvalue weighted by Crippen LogP contribution is -2.43. The first-order valence-corrected chi connectivity index (χ1v) is 11.3. The van der Waals surface area contributed by atoms with Crippen LogP contribution in [0.1, 0.15) is 33.1 Å². The second-order valence-corrected chi connectivity index (χ2v) is 9.81. The summed E-state index contributed by atoms with van der Waals surface area (Å²) in [5.41, 5.74) is 0. The van der Waals surface area contributed by atoms with Crippen molar-refractivity contribution in [3.05, 3.63) is 12.2 Å². The van der Waals surface area contributed by atoms with Crippen molar-refractivity contribution in [2.24, 2.45) is 11.8 Å². The molecule has 0 aromatic heterocycles. The maximum Gasteiger partial charge on any atom is 0.246 e. The number of amides is 2. The van der Waals surface area contributed by atoms with Gasteiger partial charge in [-0.3, -0.25) is 14.5 Å². The average molecular weight is 420 g/mol. The molecule has 27 heavy (non-hydrogen) atoms. The Kier molecular flexibility index (Phi) is 6.97. The molecule has 154 valence electrons. The molecular formula is C18H30ClN3O4S. The summed E-state index contributed by atoms with van der Waals surface area (Å²) in [6.45, 7) is 7.21. The monoisotopic (exact) mass is 419 g/mol. The van der Waals surface area contributed by atoms with E-state index in [-0.39, 0.29) is 36.2 Å². The topological polar surface area (TPSA) is 78.0 Å². The van der Waals surface area contributed by atoms with E-state index in [2.05, 4.69) is 4.90 Å². The van der Waals surface area contributed by atoms with Gasteiger partial charge in [-0.25, -0.2) is 12.7 Å². The first kappa shape index (κ1) is 22.2. The number of hydrogen-bond donors (Lipinski definition) is 0. The fourth-order valence-electron chi connectivity index (χ4n) is 4.65. The van der Waals surface area contributed by atoms with Crippen molar-refractivity contribution in [2.45, 2.75) is 45.2 Å². The van der Waals surface area contributed by atoms with Crippen LogP contribution >= 0.6 is 12.4 Å². The number of nitrogens with zero attached hydrogens (tertiary/aromatic N) is 3. The van der Waals surface area contributed by atoms with Gasteiger partial charge in [-0.05, 0) is 38.3 Å². The number of halogens is 1. The largest absolute Gasteiger partial charge is 0.333 e. The molecule has 0 aromatic rings. The zero-order valence-corrected chi connectivity index (χ0v) is 17.8. The predicted octanol–water partition coefficient (Wildman–Crippen LogP) is 1.10. The van der Waals surface area contributed by atoms with E-state index >= 15 is 0 Å². The van der Waals surface area contributed by atoms with Crippen LogP contribution in [0.5, 0.6) is 0 Å². The van der Waals surface area contributed by atoms with Crippen molar-refractivity contribution in [2.75, 3.05) is 32.4 Å². The Morgan fingerprint density at radius 3 is 2.41 bits per heavy atom. The van der Waals surface area contributed by atoms with E-state index in [1.165, 1.54) is 12.8 Å². The third-order valence-corrected chi connectivity index (χ3v) is 6.94. The van der Waals surface area contributed by atoms with Gasteiger partial charge in [0.05, 0.1) is 24.3 Å². The fraction of sp³-hybridized carbons (Fsp3) is 0.778. The van der Waals surface area contributed by atoms with Crippen LogP contribution in [0.3, 0.4) is 0 Å². The lowest BCUT2D eigenvalue weighted by atomic mass is 9.88. The highest BCUT2D eigenvalue weighted by atomic mass is 35.5. The zero-order valence-electron chi connectivity index (χ0n) is 16.2. The standard InChI is InChI=1S/C18H29N3O4S.ClH/c1-13(2)16-17-14(21(18(16)23)26(3,24)25)8-12-20(17)15(22)7-6-11-19-9-4-5-10-19;/h6-7,13-14,16-17H,4-5,8-12H2,1-3H3;1H/t14-,16+,17-;/m0./s1. The van der Waals surface area contributed by atoms with Gasteiger partial charge >= 0.3 is 0 Å². The highest BCUT2D eigenvalue weighted by molar-refractivity contribution is 7.88. The summed E-state index contributed by atoms with van der Waals surface area (Å²) in [5.74, 6) is -0.974. The van der Waals surface area contributed by atoms with Crippen molar-refractivity contribution in [3.8, 4) is 0 Å². The lowest BCUT2D eigenvalue weighted by molar-refractivity contribution is -0.131. The molecule has 9 heteroatoms. The second-order valence-electron chi connectivity index (χ2n) is 7.96. The van der Waals surface area contributed by atoms with Crippen LogP contribution in [-0.4, -0.2) is 78.9 Å². The van der Waals surface area contributed by atoms with Crippen molar-refractivity contribution < 1.29 is 18.0 Å². The summed E-state index contributed by atoms with van der Waals surface area (Å²) >= 11 is 0. The smallest absolute Gasteiger partial charge is 0.246 e. The summed E-state index contributed by atoms with van der Waals surface area (Å²) in [6.07, 6.45) is 7.47. The normalized spacial score (nSPS) is 29.0. The van der Waals surface area contributed by atoms with E-state index in [1.54, 1.807) is 11.0 Å². The predicted molar refractivity (Wildman–Crippen MR) is 106 cm³/mol. The molecule has 7 nitrogen and oxygen atoms in total. The van der Waals surface area contributed by atoms with Crippen LogP contribution < -0.4 is 0 Å². The molecule has 3 atom stereocenters. The third-order valence-electron chi connectivity index (χ3n) is 5.77. The molecule has 3 aliphatic rings. The molecular weight excluding hydrogens is 390 g/mol. The quantitative estimate of drug-likeness (QED) is 0.623. The average Bonchev–Trinajstić information content (AvgIpc) is 3.21. The Morgan fingerprint density at radius 1 is 1.22 bits per heavy atom. The Balaban J connectivity index is 0.00000261. The van der Waals surface area contributed by atoms with Gasteiger partial charge in [0.15, 0.2) is 0 Å². The minimum Gasteiger partial charge on any atom is -0.333 e. The second kappa shape index (κ2) is 8.49. The number of hydrogen-bond acceptors (Lipinski definition) is 5. The molecule has 0 bridgehead atoms. The molecule has 0 radical (unpaired) electrons. The van der Waals surface area contributed by atoms with Gasteiger partial charge in [0.25, 0.3) is 0 Å². The number of sulfonamides is 1. The molecule has 0 aliphatic carbocycles. The Labute approximate surface area is 168 Å². The van der Waals surface area contributed by atoms with Gasteiger partial charge in [-0.1, -0.05) is 19.9 Å². The van der Waals surface area contributed by atoms with E-state index < -0.39 is 22.0 Å². The first-order valence-electron chi connectivity index (χ1n) is 9.44. The maximum absolute atomic E-state index is 12.7. The summed E-state index contributed by atoms with van der Waals surface area (Å²) in [7, 11) is -3.63. The number of fused-ring (bicyclic) bond motifs is 1. The molecule has 3 aliphatic heterocycles. The molecule has 0 aromatic carbocycles. The van der Waals surface area contributed by atoms with E-state index in [4.69, 9.17) is 0 Å². The molecule has 0 unspecified atom stereocenters. The minimum absolute atomic E-state index is 0. The van der Waals surface area contributed by atoms with Gasteiger partial charge in [0, 0.05) is 19.2 Å². The summed E-state index contributed by atoms with van der Waals surface area (Å²) in [4.78, 5) is 29.5. The van der Waals surface area contributed by atoms with Crippen LogP contribution in [-0.2, 0) is 19.6 Å². The molecule has 2 amide bonds. The van der Waals surface area contributed by atoms with Crippen LogP contribution in [0, 0.1) is 11.8 Å². The van der Waals surface area contributed by atoms with Crippen LogP contribution in [0.15, 0.2) is 12.2 Å². The highest BCUT2D eigenvalue weighted by Crippen LogP contribution is 2.41. The van der Waals surface area contributed by atoms with Crippen LogP contribution in [0.2, 0.25) is 0 Å². The van der Waals surface area contributed by atoms with Gasteiger partial charge in [0.2, 0.25) is 21.8 Å². The van der Waals surface area contributed by atoms with E-state index in [1.807, 2.05) is 19.9 Å². The molecule has 0 spiro atoms. The van der Waals surface area contributed by atoms with Gasteiger partial charge < -0.3 is 4.90 Å². The van der Waals surface area contributed by atoms with Crippen LogP contribution in [0.4, 0.5) is 0 Å². The molecule has 0 saturated carbocycles. The first-order chi connectivity index (χ1) is 12.2. The van der Waals surface area contributed by atoms with Gasteiger partial charge in [0.1, 0.15) is 0 Å². The Hall–Kier alpha value is -1.12. The van der Waals surface area contributed by atoms with Gasteiger partial charge in [-0.15, -0.1) is 12.4 Å². The number of carbonyl (C=O) groups excluding carboxylic acids is 2.